The van der Waals surface area contributed by atoms with Crippen molar-refractivity contribution in [2.24, 2.45) is 0 Å². The minimum Gasteiger partial charge on any atom is -0.497 e. The lowest BCUT2D eigenvalue weighted by atomic mass is 9.93. The van der Waals surface area contributed by atoms with E-state index in [-0.39, 0.29) is 23.8 Å². The lowest BCUT2D eigenvalue weighted by Gasteiger charge is -2.17. The lowest BCUT2D eigenvalue weighted by Crippen LogP contribution is -2.09. The first-order chi connectivity index (χ1) is 17.4. The number of benzene rings is 3. The van der Waals surface area contributed by atoms with Crippen LogP contribution in [0.5, 0.6) is 11.5 Å². The molecule has 36 heavy (non-hydrogen) atoms. The normalized spacial score (nSPS) is 15.1. The quantitative estimate of drug-likeness (QED) is 0.230. The van der Waals surface area contributed by atoms with Gasteiger partial charge in [-0.05, 0) is 86.2 Å². The van der Waals surface area contributed by atoms with Gasteiger partial charge in [0.15, 0.2) is 0 Å². The first-order valence-corrected chi connectivity index (χ1v) is 12.4. The smallest absolute Gasteiger partial charge is 0.306 e. The Balaban J connectivity index is 1.49. The standard InChI is InChI=1S/C31H33FO4/c1-5-35-31(33)18-24(16-20(2)3)21-6-10-25(11-7-21)36-30-15-9-22-17-23(8-13-27(22)30)28-19-26(34-4)12-14-29(28)32/h6-8,10-14,16-17,19,24,30H,5,9,15,18H2,1-4H3/t24?,30-/m0/s1. The van der Waals surface area contributed by atoms with Crippen molar-refractivity contribution >= 4 is 5.97 Å². The summed E-state index contributed by atoms with van der Waals surface area (Å²) in [7, 11) is 1.58. The molecule has 0 N–H and O–H groups in total. The Bertz CT molecular complexity index is 1240. The molecule has 4 rings (SSSR count). The van der Waals surface area contributed by atoms with Crippen molar-refractivity contribution in [3.63, 3.8) is 0 Å². The first kappa shape index (κ1) is 25.5. The number of aryl methyl sites for hydroxylation is 1. The summed E-state index contributed by atoms with van der Waals surface area (Å²) in [6, 6.07) is 18.8. The van der Waals surface area contributed by atoms with Gasteiger partial charge in [-0.2, -0.15) is 0 Å². The maximum absolute atomic E-state index is 14.5. The van der Waals surface area contributed by atoms with Crippen molar-refractivity contribution < 1.29 is 23.4 Å². The van der Waals surface area contributed by atoms with Crippen LogP contribution in [0.4, 0.5) is 4.39 Å². The molecule has 0 amide bonds. The number of ether oxygens (including phenoxy) is 3. The molecule has 3 aromatic carbocycles. The molecule has 0 saturated carbocycles. The van der Waals surface area contributed by atoms with Crippen molar-refractivity contribution in [2.45, 2.75) is 52.1 Å². The van der Waals surface area contributed by atoms with Crippen molar-refractivity contribution in [1.29, 1.82) is 0 Å². The predicted molar refractivity (Wildman–Crippen MR) is 140 cm³/mol. The third-order valence-electron chi connectivity index (χ3n) is 6.46. The SMILES string of the molecule is CCOC(=O)CC(C=C(C)C)c1ccc(O[C@H]2CCc3cc(-c4cc(OC)ccc4F)ccc32)cc1. The summed E-state index contributed by atoms with van der Waals surface area (Å²) in [4.78, 5) is 12.1. The third kappa shape index (κ3) is 5.96. The first-order valence-electron chi connectivity index (χ1n) is 12.4. The van der Waals surface area contributed by atoms with Crippen LogP contribution in [0.3, 0.4) is 0 Å². The van der Waals surface area contributed by atoms with Crippen LogP contribution >= 0.6 is 0 Å². The number of hydrogen-bond acceptors (Lipinski definition) is 4. The summed E-state index contributed by atoms with van der Waals surface area (Å²) >= 11 is 0. The monoisotopic (exact) mass is 488 g/mol. The number of halogens is 1. The lowest BCUT2D eigenvalue weighted by molar-refractivity contribution is -0.143. The number of esters is 1. The van der Waals surface area contributed by atoms with E-state index < -0.39 is 0 Å². The summed E-state index contributed by atoms with van der Waals surface area (Å²) in [5.74, 6) is 0.912. The maximum Gasteiger partial charge on any atom is 0.306 e. The number of rotatable bonds is 9. The Kier molecular flexibility index (Phi) is 8.09. The van der Waals surface area contributed by atoms with Gasteiger partial charge in [0, 0.05) is 11.5 Å². The van der Waals surface area contributed by atoms with E-state index in [1.54, 1.807) is 19.2 Å². The summed E-state index contributed by atoms with van der Waals surface area (Å²) in [5.41, 5.74) is 5.88. The highest BCUT2D eigenvalue weighted by Crippen LogP contribution is 2.38. The Hall–Kier alpha value is -3.60. The highest BCUT2D eigenvalue weighted by Gasteiger charge is 2.25. The highest BCUT2D eigenvalue weighted by atomic mass is 19.1. The van der Waals surface area contributed by atoms with Crippen LogP contribution in [0.15, 0.2) is 72.3 Å². The molecule has 1 aliphatic carbocycles. The molecule has 0 fully saturated rings. The fourth-order valence-electron chi connectivity index (χ4n) is 4.75. The Labute approximate surface area is 212 Å². The molecular weight excluding hydrogens is 455 g/mol. The van der Waals surface area contributed by atoms with E-state index in [0.29, 0.717) is 24.3 Å². The summed E-state index contributed by atoms with van der Waals surface area (Å²) in [6.45, 7) is 6.26. The van der Waals surface area contributed by atoms with E-state index in [4.69, 9.17) is 14.2 Å². The van der Waals surface area contributed by atoms with E-state index in [1.807, 2.05) is 57.2 Å². The molecule has 0 aliphatic heterocycles. The molecule has 0 aromatic heterocycles. The largest absolute Gasteiger partial charge is 0.497 e. The topological polar surface area (TPSA) is 44.8 Å². The second-order valence-electron chi connectivity index (χ2n) is 9.33. The number of carbonyl (C=O) groups excluding carboxylic acids is 1. The van der Waals surface area contributed by atoms with E-state index in [2.05, 4.69) is 12.1 Å². The van der Waals surface area contributed by atoms with Crippen LogP contribution in [0.25, 0.3) is 11.1 Å². The molecule has 5 heteroatoms. The van der Waals surface area contributed by atoms with Gasteiger partial charge in [0.05, 0.1) is 20.1 Å². The Morgan fingerprint density at radius 1 is 1.06 bits per heavy atom. The van der Waals surface area contributed by atoms with E-state index >= 15 is 0 Å². The maximum atomic E-state index is 14.5. The summed E-state index contributed by atoms with van der Waals surface area (Å²) in [6.07, 6.45) is 4.10. The Morgan fingerprint density at radius 2 is 1.81 bits per heavy atom. The van der Waals surface area contributed by atoms with Crippen LogP contribution in [-0.4, -0.2) is 19.7 Å². The Morgan fingerprint density at radius 3 is 2.50 bits per heavy atom. The number of allylic oxidation sites excluding steroid dienone is 2. The third-order valence-corrected chi connectivity index (χ3v) is 6.46. The van der Waals surface area contributed by atoms with E-state index in [9.17, 15) is 9.18 Å². The molecule has 1 unspecified atom stereocenters. The van der Waals surface area contributed by atoms with Crippen LogP contribution < -0.4 is 9.47 Å². The van der Waals surface area contributed by atoms with Gasteiger partial charge < -0.3 is 14.2 Å². The van der Waals surface area contributed by atoms with Gasteiger partial charge in [-0.15, -0.1) is 0 Å². The molecule has 3 aromatic rings. The zero-order valence-electron chi connectivity index (χ0n) is 21.3. The molecule has 0 saturated heterocycles. The van der Waals surface area contributed by atoms with E-state index in [0.717, 1.165) is 40.9 Å². The number of hydrogen-bond donors (Lipinski definition) is 0. The number of methoxy groups -OCH3 is 1. The second-order valence-corrected chi connectivity index (χ2v) is 9.33. The van der Waals surface area contributed by atoms with Crippen molar-refractivity contribution in [3.05, 3.63) is 94.8 Å². The molecule has 0 bridgehead atoms. The molecule has 188 valence electrons. The average molecular weight is 489 g/mol. The van der Waals surface area contributed by atoms with Crippen LogP contribution in [0.2, 0.25) is 0 Å². The van der Waals surface area contributed by atoms with Gasteiger partial charge in [0.25, 0.3) is 0 Å². The second kappa shape index (κ2) is 11.4. The predicted octanol–water partition coefficient (Wildman–Crippen LogP) is 7.57. The molecule has 0 heterocycles. The van der Waals surface area contributed by atoms with Crippen LogP contribution in [0.1, 0.15) is 62.3 Å². The minimum absolute atomic E-state index is 0.0364. The van der Waals surface area contributed by atoms with Gasteiger partial charge in [0.1, 0.15) is 23.4 Å². The molecule has 0 radical (unpaired) electrons. The number of fused-ring (bicyclic) bond motifs is 1. The summed E-state index contributed by atoms with van der Waals surface area (Å²) in [5, 5.41) is 0. The molecule has 2 atom stereocenters. The zero-order chi connectivity index (χ0) is 25.7. The van der Waals surface area contributed by atoms with E-state index in [1.165, 1.54) is 11.6 Å². The van der Waals surface area contributed by atoms with Gasteiger partial charge >= 0.3 is 5.97 Å². The minimum atomic E-state index is -0.268. The molecule has 4 nitrogen and oxygen atoms in total. The number of carbonyl (C=O) groups is 1. The van der Waals surface area contributed by atoms with Crippen LogP contribution in [-0.2, 0) is 16.0 Å². The van der Waals surface area contributed by atoms with Crippen molar-refractivity contribution in [1.82, 2.24) is 0 Å². The molecule has 1 aliphatic rings. The van der Waals surface area contributed by atoms with Gasteiger partial charge in [0.2, 0.25) is 0 Å². The van der Waals surface area contributed by atoms with Crippen molar-refractivity contribution in [2.75, 3.05) is 13.7 Å². The van der Waals surface area contributed by atoms with Crippen molar-refractivity contribution in [3.8, 4) is 22.6 Å². The van der Waals surface area contributed by atoms with Gasteiger partial charge in [-0.1, -0.05) is 42.0 Å². The van der Waals surface area contributed by atoms with Gasteiger partial charge in [-0.3, -0.25) is 4.79 Å². The fourth-order valence-corrected chi connectivity index (χ4v) is 4.75. The zero-order valence-corrected chi connectivity index (χ0v) is 21.3. The molecular formula is C31H33FO4. The van der Waals surface area contributed by atoms with Gasteiger partial charge in [-0.25, -0.2) is 4.39 Å². The van der Waals surface area contributed by atoms with Crippen LogP contribution in [0, 0.1) is 5.82 Å². The molecule has 0 spiro atoms. The fraction of sp³-hybridized carbons (Fsp3) is 0.323. The highest BCUT2D eigenvalue weighted by molar-refractivity contribution is 5.71. The summed E-state index contributed by atoms with van der Waals surface area (Å²) < 4.78 is 31.2. The average Bonchev–Trinajstić information content (AvgIpc) is 3.26.